The zero-order chi connectivity index (χ0) is 16.8. The molecule has 0 bridgehead atoms. The van der Waals surface area contributed by atoms with Gasteiger partial charge in [0.1, 0.15) is 0 Å². The molecule has 5 heteroatoms. The van der Waals surface area contributed by atoms with E-state index in [0.717, 1.165) is 38.5 Å². The molecule has 132 valence electrons. The van der Waals surface area contributed by atoms with Crippen LogP contribution in [0.5, 0.6) is 0 Å². The molecule has 0 aromatic carbocycles. The Kier molecular flexibility index (Phi) is 7.43. The van der Waals surface area contributed by atoms with E-state index < -0.39 is 5.69 Å². The lowest BCUT2D eigenvalue weighted by molar-refractivity contribution is -0.00806. The molecule has 2 aliphatic rings. The molecule has 0 spiro atoms. The second kappa shape index (κ2) is 8.67. The third-order valence-electron chi connectivity index (χ3n) is 5.18. The van der Waals surface area contributed by atoms with Crippen LogP contribution in [0.4, 0.5) is 0 Å². The molecule has 0 aliphatic heterocycles. The van der Waals surface area contributed by atoms with Gasteiger partial charge in [0.2, 0.25) is 5.69 Å². The summed E-state index contributed by atoms with van der Waals surface area (Å²) in [5.41, 5.74) is -3.00. The van der Waals surface area contributed by atoms with E-state index in [-0.39, 0.29) is 11.2 Å². The van der Waals surface area contributed by atoms with Crippen LogP contribution in [-0.2, 0) is 20.9 Å². The molecule has 0 amide bonds. The number of hydrogen-bond donors (Lipinski definition) is 1. The van der Waals surface area contributed by atoms with Gasteiger partial charge in [-0.2, -0.15) is 0 Å². The van der Waals surface area contributed by atoms with Gasteiger partial charge in [-0.15, -0.1) is 13.2 Å². The van der Waals surface area contributed by atoms with Crippen molar-refractivity contribution in [1.29, 1.82) is 0 Å². The summed E-state index contributed by atoms with van der Waals surface area (Å²) >= 11 is 10.5. The molecule has 0 atom stereocenters. The van der Waals surface area contributed by atoms with Crippen molar-refractivity contribution in [3.8, 4) is 0 Å². The van der Waals surface area contributed by atoms with Crippen molar-refractivity contribution in [3.05, 3.63) is 25.3 Å². The van der Waals surface area contributed by atoms with Crippen LogP contribution in [0, 0.1) is 0 Å². The SMILES string of the molecule is C=CCC1(OP(=S)(S)OC2(CC=C)CCCCC2)CCCCC1. The summed E-state index contributed by atoms with van der Waals surface area (Å²) in [7, 11) is 0. The average molecular weight is 375 g/mol. The summed E-state index contributed by atoms with van der Waals surface area (Å²) in [6.07, 6.45) is 17.0. The Morgan fingerprint density at radius 1 is 0.826 bits per heavy atom. The lowest BCUT2D eigenvalue weighted by atomic mass is 9.82. The van der Waals surface area contributed by atoms with Crippen molar-refractivity contribution >= 4 is 29.7 Å². The highest BCUT2D eigenvalue weighted by molar-refractivity contribution is 8.60. The lowest BCUT2D eigenvalue weighted by Gasteiger charge is -2.43. The molecule has 2 aliphatic carbocycles. The fourth-order valence-electron chi connectivity index (χ4n) is 4.09. The van der Waals surface area contributed by atoms with Crippen LogP contribution in [-0.4, -0.2) is 11.2 Å². The molecule has 0 saturated heterocycles. The average Bonchev–Trinajstić information content (AvgIpc) is 2.48. The van der Waals surface area contributed by atoms with Crippen LogP contribution < -0.4 is 0 Å². The first-order valence-electron chi connectivity index (χ1n) is 8.91. The van der Waals surface area contributed by atoms with Crippen molar-refractivity contribution < 1.29 is 9.05 Å². The van der Waals surface area contributed by atoms with Gasteiger partial charge in [-0.3, -0.25) is 0 Å². The van der Waals surface area contributed by atoms with Gasteiger partial charge in [-0.05, 0) is 50.3 Å². The Labute approximate surface area is 152 Å². The fourth-order valence-corrected chi connectivity index (χ4v) is 7.61. The van der Waals surface area contributed by atoms with E-state index in [1.807, 2.05) is 12.2 Å². The molecule has 2 saturated carbocycles. The smallest absolute Gasteiger partial charge is 0.245 e. The van der Waals surface area contributed by atoms with Crippen molar-refractivity contribution in [3.63, 3.8) is 0 Å². The topological polar surface area (TPSA) is 18.5 Å². The lowest BCUT2D eigenvalue weighted by Crippen LogP contribution is -2.37. The molecule has 2 nitrogen and oxygen atoms in total. The highest BCUT2D eigenvalue weighted by atomic mass is 32.9. The predicted molar refractivity (Wildman–Crippen MR) is 107 cm³/mol. The van der Waals surface area contributed by atoms with Gasteiger partial charge < -0.3 is 9.05 Å². The van der Waals surface area contributed by atoms with Gasteiger partial charge in [-0.25, -0.2) is 0 Å². The fraction of sp³-hybridized carbons (Fsp3) is 0.778. The second-order valence-corrected chi connectivity index (χ2v) is 12.3. The van der Waals surface area contributed by atoms with Crippen LogP contribution in [0.2, 0.25) is 0 Å². The maximum absolute atomic E-state index is 6.44. The molecule has 0 unspecified atom stereocenters. The van der Waals surface area contributed by atoms with Crippen LogP contribution in [0.15, 0.2) is 25.3 Å². The Balaban J connectivity index is 2.10. The van der Waals surface area contributed by atoms with Crippen LogP contribution >= 0.6 is 17.9 Å². The minimum absolute atomic E-state index is 0.207. The van der Waals surface area contributed by atoms with E-state index >= 15 is 0 Å². The standard InChI is InChI=1S/C18H31O2PS2/c1-3-11-17(13-7-5-8-14-17)19-21(22,23)20-18(12-4-2)15-9-6-10-16-18/h3-4H,1-2,5-16H2,(H,22,23). The van der Waals surface area contributed by atoms with Crippen LogP contribution in [0.25, 0.3) is 0 Å². The van der Waals surface area contributed by atoms with Gasteiger partial charge >= 0.3 is 0 Å². The summed E-state index contributed by atoms with van der Waals surface area (Å²) in [4.78, 5) is 0. The van der Waals surface area contributed by atoms with E-state index in [2.05, 4.69) is 13.2 Å². The second-order valence-electron chi connectivity index (χ2n) is 7.12. The third kappa shape index (κ3) is 5.71. The molecule has 0 heterocycles. The third-order valence-corrected chi connectivity index (χ3v) is 7.35. The number of hydrogen-bond acceptors (Lipinski definition) is 3. The molecular weight excluding hydrogens is 343 g/mol. The van der Waals surface area contributed by atoms with Crippen molar-refractivity contribution in [2.24, 2.45) is 0 Å². The van der Waals surface area contributed by atoms with E-state index in [9.17, 15) is 0 Å². The Morgan fingerprint density at radius 2 is 1.17 bits per heavy atom. The Morgan fingerprint density at radius 3 is 1.48 bits per heavy atom. The maximum atomic E-state index is 6.44. The Bertz CT molecular complexity index is 414. The number of thiol groups is 1. The minimum atomic E-state index is -2.59. The van der Waals surface area contributed by atoms with Crippen LogP contribution in [0.1, 0.15) is 77.0 Å². The van der Waals surface area contributed by atoms with E-state index in [0.29, 0.717) is 0 Å². The first kappa shape index (κ1) is 19.7. The van der Waals surface area contributed by atoms with Crippen molar-refractivity contribution in [2.45, 2.75) is 88.3 Å². The molecule has 0 aromatic rings. The minimum Gasteiger partial charge on any atom is -0.315 e. The number of rotatable bonds is 8. The molecule has 0 aromatic heterocycles. The van der Waals surface area contributed by atoms with E-state index in [1.165, 1.54) is 38.5 Å². The van der Waals surface area contributed by atoms with Gasteiger partial charge in [-0.1, -0.05) is 62.9 Å². The van der Waals surface area contributed by atoms with Gasteiger partial charge in [0.05, 0.1) is 11.2 Å². The molecule has 2 fully saturated rings. The predicted octanol–water partition coefficient (Wildman–Crippen LogP) is 6.73. The van der Waals surface area contributed by atoms with Crippen molar-refractivity contribution in [1.82, 2.24) is 0 Å². The normalized spacial score (nSPS) is 24.0. The molecule has 0 N–H and O–H groups in total. The Hall–Kier alpha value is 0.400. The summed E-state index contributed by atoms with van der Waals surface area (Å²) < 4.78 is 12.9. The largest absolute Gasteiger partial charge is 0.315 e. The molecule has 0 radical (unpaired) electrons. The molecular formula is C18H31O2PS2. The molecule has 23 heavy (non-hydrogen) atoms. The van der Waals surface area contributed by atoms with Gasteiger partial charge in [0, 0.05) is 0 Å². The summed E-state index contributed by atoms with van der Waals surface area (Å²) in [6.45, 7) is 7.82. The zero-order valence-corrected chi connectivity index (χ0v) is 16.8. The van der Waals surface area contributed by atoms with Crippen LogP contribution in [0.3, 0.4) is 0 Å². The highest BCUT2D eigenvalue weighted by Gasteiger charge is 2.41. The quantitative estimate of drug-likeness (QED) is 0.288. The van der Waals surface area contributed by atoms with Gasteiger partial charge in [0.25, 0.3) is 0 Å². The van der Waals surface area contributed by atoms with Gasteiger partial charge in [0.15, 0.2) is 0 Å². The molecule has 2 rings (SSSR count). The summed E-state index contributed by atoms with van der Waals surface area (Å²) in [6, 6.07) is 0. The maximum Gasteiger partial charge on any atom is 0.245 e. The first-order chi connectivity index (χ1) is 10.9. The monoisotopic (exact) mass is 374 g/mol. The van der Waals surface area contributed by atoms with E-state index in [4.69, 9.17) is 33.1 Å². The van der Waals surface area contributed by atoms with Crippen molar-refractivity contribution in [2.75, 3.05) is 0 Å². The first-order valence-corrected chi connectivity index (χ1v) is 12.7. The summed E-state index contributed by atoms with van der Waals surface area (Å²) in [5, 5.41) is 0. The van der Waals surface area contributed by atoms with E-state index in [1.54, 1.807) is 0 Å². The zero-order valence-electron chi connectivity index (χ0n) is 14.2. The highest BCUT2D eigenvalue weighted by Crippen LogP contribution is 2.63. The summed E-state index contributed by atoms with van der Waals surface area (Å²) in [5.74, 6) is 0.